The number of carbonyl (C=O) groups is 1. The number of nitrogens with one attached hydrogen (secondary N) is 1. The predicted molar refractivity (Wildman–Crippen MR) is 93.6 cm³/mol. The van der Waals surface area contributed by atoms with Crippen molar-refractivity contribution in [3.63, 3.8) is 0 Å². The average Bonchev–Trinajstić information content (AvgIpc) is 3.14. The van der Waals surface area contributed by atoms with E-state index in [1.54, 1.807) is 4.68 Å². The molecule has 1 N–H and O–H groups in total. The van der Waals surface area contributed by atoms with E-state index in [2.05, 4.69) is 27.8 Å². The molecule has 0 bridgehead atoms. The monoisotopic (exact) mass is 350 g/mol. The predicted octanol–water partition coefficient (Wildman–Crippen LogP) is 1.55. The lowest BCUT2D eigenvalue weighted by atomic mass is 9.96. The zero-order valence-electron chi connectivity index (χ0n) is 13.8. The standard InChI is InChI=1S/C16H22N6O.ClH/c1-2-17-11-13-6-8-21(9-7-13)16(23)14-4-3-5-15(10-14)22-12-18-19-20-22;/h3-5,10,12-13,17H,2,6-9,11H2,1H3;1H. The molecule has 1 aromatic heterocycles. The van der Waals surface area contributed by atoms with Gasteiger partial charge in [0, 0.05) is 18.7 Å². The van der Waals surface area contributed by atoms with Crippen molar-refractivity contribution in [2.24, 2.45) is 5.92 Å². The molecule has 2 aromatic rings. The highest BCUT2D eigenvalue weighted by Crippen LogP contribution is 2.19. The molecule has 1 saturated heterocycles. The van der Waals surface area contributed by atoms with E-state index in [-0.39, 0.29) is 18.3 Å². The van der Waals surface area contributed by atoms with E-state index in [0.29, 0.717) is 11.5 Å². The first-order valence-electron chi connectivity index (χ1n) is 8.11. The molecule has 0 unspecified atom stereocenters. The van der Waals surface area contributed by atoms with Crippen molar-refractivity contribution < 1.29 is 4.79 Å². The smallest absolute Gasteiger partial charge is 0.253 e. The summed E-state index contributed by atoms with van der Waals surface area (Å²) in [6.45, 7) is 5.82. The molecule has 1 aliphatic rings. The van der Waals surface area contributed by atoms with Gasteiger partial charge in [-0.25, -0.2) is 4.68 Å². The maximum absolute atomic E-state index is 12.7. The number of amides is 1. The Labute approximate surface area is 147 Å². The van der Waals surface area contributed by atoms with Crippen LogP contribution >= 0.6 is 12.4 Å². The van der Waals surface area contributed by atoms with Crippen molar-refractivity contribution in [3.8, 4) is 5.69 Å². The molecule has 0 saturated carbocycles. The normalized spacial score (nSPS) is 15.1. The third-order valence-electron chi connectivity index (χ3n) is 4.29. The van der Waals surface area contributed by atoms with Crippen molar-refractivity contribution in [2.75, 3.05) is 26.2 Å². The molecule has 1 fully saturated rings. The van der Waals surface area contributed by atoms with Gasteiger partial charge < -0.3 is 10.2 Å². The molecule has 1 aromatic carbocycles. The second-order valence-electron chi connectivity index (χ2n) is 5.85. The maximum atomic E-state index is 12.7. The van der Waals surface area contributed by atoms with Gasteiger partial charge >= 0.3 is 0 Å². The van der Waals surface area contributed by atoms with Crippen LogP contribution in [0.25, 0.3) is 5.69 Å². The molecule has 8 heteroatoms. The molecule has 0 atom stereocenters. The number of tetrazole rings is 1. The van der Waals surface area contributed by atoms with Crippen LogP contribution in [-0.2, 0) is 0 Å². The van der Waals surface area contributed by atoms with Crippen LogP contribution in [0, 0.1) is 5.92 Å². The van der Waals surface area contributed by atoms with Crippen molar-refractivity contribution in [2.45, 2.75) is 19.8 Å². The van der Waals surface area contributed by atoms with Crippen molar-refractivity contribution >= 4 is 18.3 Å². The number of nitrogens with zero attached hydrogens (tertiary/aromatic N) is 5. The first kappa shape index (κ1) is 18.4. The molecule has 0 radical (unpaired) electrons. The Balaban J connectivity index is 0.00000208. The van der Waals surface area contributed by atoms with Crippen LogP contribution in [0.4, 0.5) is 0 Å². The van der Waals surface area contributed by atoms with Gasteiger partial charge in [-0.15, -0.1) is 17.5 Å². The minimum Gasteiger partial charge on any atom is -0.339 e. The molecule has 0 spiro atoms. The second-order valence-corrected chi connectivity index (χ2v) is 5.85. The fourth-order valence-electron chi connectivity index (χ4n) is 2.93. The van der Waals surface area contributed by atoms with E-state index in [1.165, 1.54) is 6.33 Å². The highest BCUT2D eigenvalue weighted by atomic mass is 35.5. The minimum atomic E-state index is 0. The third-order valence-corrected chi connectivity index (χ3v) is 4.29. The van der Waals surface area contributed by atoms with E-state index in [9.17, 15) is 4.79 Å². The van der Waals surface area contributed by atoms with Gasteiger partial charge in [-0.05, 0) is 60.5 Å². The number of likely N-dealkylation sites (tertiary alicyclic amines) is 1. The number of piperidine rings is 1. The summed E-state index contributed by atoms with van der Waals surface area (Å²) in [6.07, 6.45) is 3.65. The summed E-state index contributed by atoms with van der Waals surface area (Å²) in [4.78, 5) is 14.6. The molecule has 3 rings (SSSR count). The SMILES string of the molecule is CCNCC1CCN(C(=O)c2cccc(-n3cnnn3)c2)CC1.Cl. The Morgan fingerprint density at radius 3 is 2.79 bits per heavy atom. The van der Waals surface area contributed by atoms with Crippen LogP contribution in [0.15, 0.2) is 30.6 Å². The molecule has 130 valence electrons. The number of hydrogen-bond donors (Lipinski definition) is 1. The van der Waals surface area contributed by atoms with E-state index in [0.717, 1.165) is 44.7 Å². The lowest BCUT2D eigenvalue weighted by Gasteiger charge is -2.32. The quantitative estimate of drug-likeness (QED) is 0.885. The van der Waals surface area contributed by atoms with Crippen molar-refractivity contribution in [1.29, 1.82) is 0 Å². The molecule has 2 heterocycles. The van der Waals surface area contributed by atoms with E-state index >= 15 is 0 Å². The summed E-state index contributed by atoms with van der Waals surface area (Å²) in [5.74, 6) is 0.758. The number of halogens is 1. The summed E-state index contributed by atoms with van der Waals surface area (Å²) in [5.41, 5.74) is 1.48. The molecular formula is C16H23ClN6O. The van der Waals surface area contributed by atoms with Gasteiger partial charge in [0.25, 0.3) is 5.91 Å². The summed E-state index contributed by atoms with van der Waals surface area (Å²) in [7, 11) is 0. The van der Waals surface area contributed by atoms with Crippen molar-refractivity contribution in [1.82, 2.24) is 30.4 Å². The number of rotatable bonds is 5. The highest BCUT2D eigenvalue weighted by molar-refractivity contribution is 5.94. The Hall–Kier alpha value is -1.99. The number of hydrogen-bond acceptors (Lipinski definition) is 5. The van der Waals surface area contributed by atoms with E-state index in [4.69, 9.17) is 0 Å². The van der Waals surface area contributed by atoms with Gasteiger partial charge in [-0.1, -0.05) is 13.0 Å². The second kappa shape index (κ2) is 8.75. The van der Waals surface area contributed by atoms with Crippen LogP contribution in [0.2, 0.25) is 0 Å². The Bertz CT molecular complexity index is 640. The fourth-order valence-corrected chi connectivity index (χ4v) is 2.93. The van der Waals surface area contributed by atoms with Gasteiger partial charge in [-0.3, -0.25) is 4.79 Å². The fraction of sp³-hybridized carbons (Fsp3) is 0.500. The highest BCUT2D eigenvalue weighted by Gasteiger charge is 2.23. The zero-order valence-corrected chi connectivity index (χ0v) is 14.6. The van der Waals surface area contributed by atoms with Gasteiger partial charge in [-0.2, -0.15) is 0 Å². The molecular weight excluding hydrogens is 328 g/mol. The molecule has 7 nitrogen and oxygen atoms in total. The zero-order chi connectivity index (χ0) is 16.1. The Morgan fingerprint density at radius 1 is 1.33 bits per heavy atom. The average molecular weight is 351 g/mol. The third kappa shape index (κ3) is 4.30. The molecule has 1 aliphatic heterocycles. The first-order chi connectivity index (χ1) is 11.3. The Kier molecular flexibility index (Phi) is 6.69. The van der Waals surface area contributed by atoms with E-state index in [1.807, 2.05) is 29.2 Å². The number of benzene rings is 1. The first-order valence-corrected chi connectivity index (χ1v) is 8.11. The Morgan fingerprint density at radius 2 is 2.12 bits per heavy atom. The lowest BCUT2D eigenvalue weighted by Crippen LogP contribution is -2.40. The van der Waals surface area contributed by atoms with Crippen LogP contribution in [0.3, 0.4) is 0 Å². The molecule has 24 heavy (non-hydrogen) atoms. The van der Waals surface area contributed by atoms with Gasteiger partial charge in [0.15, 0.2) is 0 Å². The van der Waals surface area contributed by atoms with Gasteiger partial charge in [0.1, 0.15) is 6.33 Å². The largest absolute Gasteiger partial charge is 0.339 e. The summed E-state index contributed by atoms with van der Waals surface area (Å²) in [5, 5.41) is 14.5. The topological polar surface area (TPSA) is 75.9 Å². The van der Waals surface area contributed by atoms with Gasteiger partial charge in [0.2, 0.25) is 0 Å². The lowest BCUT2D eigenvalue weighted by molar-refractivity contribution is 0.0690. The molecule has 1 amide bonds. The van der Waals surface area contributed by atoms with Crippen LogP contribution in [0.5, 0.6) is 0 Å². The summed E-state index contributed by atoms with van der Waals surface area (Å²) in [6, 6.07) is 7.43. The van der Waals surface area contributed by atoms with Crippen molar-refractivity contribution in [3.05, 3.63) is 36.2 Å². The number of aromatic nitrogens is 4. The number of carbonyl (C=O) groups excluding carboxylic acids is 1. The van der Waals surface area contributed by atoms with Crippen LogP contribution in [0.1, 0.15) is 30.1 Å². The minimum absolute atomic E-state index is 0. The van der Waals surface area contributed by atoms with E-state index < -0.39 is 0 Å². The summed E-state index contributed by atoms with van der Waals surface area (Å²) < 4.78 is 1.55. The molecule has 0 aliphatic carbocycles. The van der Waals surface area contributed by atoms with Crippen LogP contribution < -0.4 is 5.32 Å². The van der Waals surface area contributed by atoms with Gasteiger partial charge in [0.05, 0.1) is 5.69 Å². The summed E-state index contributed by atoms with van der Waals surface area (Å²) >= 11 is 0. The van der Waals surface area contributed by atoms with Crippen LogP contribution in [-0.4, -0.2) is 57.2 Å². The maximum Gasteiger partial charge on any atom is 0.253 e.